The predicted octanol–water partition coefficient (Wildman–Crippen LogP) is 4.50. The molecule has 3 rings (SSSR count). The van der Waals surface area contributed by atoms with Gasteiger partial charge in [0.1, 0.15) is 11.2 Å². The zero-order valence-electron chi connectivity index (χ0n) is 8.25. The van der Waals surface area contributed by atoms with Gasteiger partial charge in [-0.2, -0.15) is 0 Å². The lowest BCUT2D eigenvalue weighted by Gasteiger charge is -1.96. The fraction of sp³-hybridized carbons (Fsp3) is 0.0769. The molecule has 1 aromatic heterocycles. The van der Waals surface area contributed by atoms with E-state index in [2.05, 4.69) is 47.7 Å². The van der Waals surface area contributed by atoms with Crippen LogP contribution in [0.2, 0.25) is 0 Å². The molecule has 0 fully saturated rings. The van der Waals surface area contributed by atoms with Crippen LogP contribution in [0.25, 0.3) is 21.9 Å². The minimum Gasteiger partial charge on any atom is -0.455 e. The highest BCUT2D eigenvalue weighted by Crippen LogP contribution is 2.32. The number of para-hydroxylation sites is 1. The van der Waals surface area contributed by atoms with Crippen LogP contribution in [0, 0.1) is 10.5 Å². The molecular weight excluding hydrogens is 299 g/mol. The molecule has 0 spiro atoms. The topological polar surface area (TPSA) is 13.1 Å². The Kier molecular flexibility index (Phi) is 1.99. The van der Waals surface area contributed by atoms with Crippen LogP contribution in [0.3, 0.4) is 0 Å². The lowest BCUT2D eigenvalue weighted by Crippen LogP contribution is -1.78. The maximum Gasteiger partial charge on any atom is 0.148 e. The molecule has 3 aromatic rings. The summed E-state index contributed by atoms with van der Waals surface area (Å²) in [4.78, 5) is 0. The average molecular weight is 308 g/mol. The van der Waals surface area contributed by atoms with Crippen LogP contribution in [0.4, 0.5) is 0 Å². The number of hydrogen-bond donors (Lipinski definition) is 0. The van der Waals surface area contributed by atoms with Crippen molar-refractivity contribution < 1.29 is 4.42 Å². The van der Waals surface area contributed by atoms with Crippen LogP contribution in [-0.2, 0) is 0 Å². The van der Waals surface area contributed by atoms with Gasteiger partial charge in [-0.15, -0.1) is 0 Å². The van der Waals surface area contributed by atoms with E-state index in [1.54, 1.807) is 0 Å². The van der Waals surface area contributed by atoms with Gasteiger partial charge in [-0.1, -0.05) is 30.3 Å². The summed E-state index contributed by atoms with van der Waals surface area (Å²) in [6, 6.07) is 12.5. The Bertz CT molecular complexity index is 652. The van der Waals surface area contributed by atoms with E-state index < -0.39 is 0 Å². The van der Waals surface area contributed by atoms with Gasteiger partial charge in [0.05, 0.1) is 3.57 Å². The summed E-state index contributed by atoms with van der Waals surface area (Å²) in [7, 11) is 0. The molecule has 1 nitrogen and oxygen atoms in total. The highest BCUT2D eigenvalue weighted by atomic mass is 127. The molecule has 0 aliphatic heterocycles. The zero-order chi connectivity index (χ0) is 10.4. The summed E-state index contributed by atoms with van der Waals surface area (Å²) in [5.74, 6) is 0. The summed E-state index contributed by atoms with van der Waals surface area (Å²) in [5, 5.41) is 2.41. The molecule has 0 radical (unpaired) electrons. The van der Waals surface area contributed by atoms with Gasteiger partial charge in [0.2, 0.25) is 0 Å². The second-order valence-corrected chi connectivity index (χ2v) is 4.75. The van der Waals surface area contributed by atoms with Gasteiger partial charge in [0.25, 0.3) is 0 Å². The van der Waals surface area contributed by atoms with Gasteiger partial charge in [0.15, 0.2) is 0 Å². The molecule has 2 aromatic carbocycles. The van der Waals surface area contributed by atoms with Gasteiger partial charge >= 0.3 is 0 Å². The van der Waals surface area contributed by atoms with Gasteiger partial charge in [-0.3, -0.25) is 0 Å². The molecule has 0 aliphatic rings. The maximum atomic E-state index is 5.86. The highest BCUT2D eigenvalue weighted by molar-refractivity contribution is 14.1. The van der Waals surface area contributed by atoms with Crippen LogP contribution < -0.4 is 0 Å². The molecule has 0 aliphatic carbocycles. The maximum absolute atomic E-state index is 5.86. The molecule has 15 heavy (non-hydrogen) atoms. The number of benzene rings is 2. The number of aryl methyl sites for hydroxylation is 1. The summed E-state index contributed by atoms with van der Waals surface area (Å²) in [6.07, 6.45) is 0. The van der Waals surface area contributed by atoms with Crippen molar-refractivity contribution in [2.24, 2.45) is 0 Å². The first kappa shape index (κ1) is 9.21. The largest absolute Gasteiger partial charge is 0.455 e. The summed E-state index contributed by atoms with van der Waals surface area (Å²) >= 11 is 2.34. The van der Waals surface area contributed by atoms with Crippen LogP contribution in [0.1, 0.15) is 5.56 Å². The van der Waals surface area contributed by atoms with Crippen molar-refractivity contribution in [1.82, 2.24) is 0 Å². The fourth-order valence-corrected chi connectivity index (χ4v) is 2.43. The Morgan fingerprint density at radius 2 is 1.80 bits per heavy atom. The molecule has 0 saturated heterocycles. The Balaban J connectivity index is 2.60. The number of halogens is 1. The molecule has 0 amide bonds. The number of hydrogen-bond acceptors (Lipinski definition) is 1. The van der Waals surface area contributed by atoms with Crippen molar-refractivity contribution in [2.45, 2.75) is 6.92 Å². The summed E-state index contributed by atoms with van der Waals surface area (Å²) < 4.78 is 7.07. The first-order valence-corrected chi connectivity index (χ1v) is 5.91. The number of furan rings is 1. The third kappa shape index (κ3) is 1.28. The van der Waals surface area contributed by atoms with Crippen LogP contribution in [0.5, 0.6) is 0 Å². The Hall–Kier alpha value is -1.03. The SMILES string of the molecule is Cc1ccc2c(oc3ccccc32)c1I. The van der Waals surface area contributed by atoms with Gasteiger partial charge < -0.3 is 4.42 Å². The normalized spacial score (nSPS) is 11.3. The molecular formula is C13H9IO. The van der Waals surface area contributed by atoms with E-state index >= 15 is 0 Å². The van der Waals surface area contributed by atoms with E-state index in [1.807, 2.05) is 18.2 Å². The third-order valence-electron chi connectivity index (χ3n) is 2.68. The van der Waals surface area contributed by atoms with Crippen molar-refractivity contribution in [3.63, 3.8) is 0 Å². The number of rotatable bonds is 0. The van der Waals surface area contributed by atoms with Gasteiger partial charge in [-0.25, -0.2) is 0 Å². The van der Waals surface area contributed by atoms with Crippen molar-refractivity contribution in [3.05, 3.63) is 45.5 Å². The summed E-state index contributed by atoms with van der Waals surface area (Å²) in [6.45, 7) is 2.11. The van der Waals surface area contributed by atoms with Crippen molar-refractivity contribution in [3.8, 4) is 0 Å². The molecule has 0 unspecified atom stereocenters. The van der Waals surface area contributed by atoms with Crippen LogP contribution >= 0.6 is 22.6 Å². The third-order valence-corrected chi connectivity index (χ3v) is 4.02. The van der Waals surface area contributed by atoms with Crippen molar-refractivity contribution in [2.75, 3.05) is 0 Å². The Labute approximate surface area is 101 Å². The van der Waals surface area contributed by atoms with E-state index in [-0.39, 0.29) is 0 Å². The zero-order valence-corrected chi connectivity index (χ0v) is 10.4. The van der Waals surface area contributed by atoms with E-state index in [1.165, 1.54) is 19.9 Å². The first-order chi connectivity index (χ1) is 7.27. The van der Waals surface area contributed by atoms with E-state index in [9.17, 15) is 0 Å². The van der Waals surface area contributed by atoms with Gasteiger partial charge in [0, 0.05) is 10.8 Å². The predicted molar refractivity (Wildman–Crippen MR) is 71.2 cm³/mol. The van der Waals surface area contributed by atoms with E-state index in [4.69, 9.17) is 4.42 Å². The van der Waals surface area contributed by atoms with Crippen molar-refractivity contribution >= 4 is 44.5 Å². The fourth-order valence-electron chi connectivity index (χ4n) is 1.85. The molecule has 2 heteroatoms. The minimum atomic E-state index is 0.969. The monoisotopic (exact) mass is 308 g/mol. The molecule has 0 saturated carbocycles. The van der Waals surface area contributed by atoms with Crippen LogP contribution in [-0.4, -0.2) is 0 Å². The smallest absolute Gasteiger partial charge is 0.148 e. The molecule has 0 atom stereocenters. The lowest BCUT2D eigenvalue weighted by atomic mass is 10.1. The highest BCUT2D eigenvalue weighted by Gasteiger charge is 2.09. The standard InChI is InChI=1S/C13H9IO/c1-8-6-7-10-9-4-2-3-5-11(9)15-13(10)12(8)14/h2-7H,1H3. The second-order valence-electron chi connectivity index (χ2n) is 3.67. The molecule has 1 heterocycles. The molecule has 0 N–H and O–H groups in total. The van der Waals surface area contributed by atoms with E-state index in [0.717, 1.165) is 11.2 Å². The Morgan fingerprint density at radius 3 is 2.67 bits per heavy atom. The van der Waals surface area contributed by atoms with Gasteiger partial charge in [-0.05, 0) is 41.1 Å². The number of fused-ring (bicyclic) bond motifs is 3. The summed E-state index contributed by atoms with van der Waals surface area (Å²) in [5.41, 5.74) is 3.25. The quantitative estimate of drug-likeness (QED) is 0.557. The lowest BCUT2D eigenvalue weighted by molar-refractivity contribution is 0.666. The molecule has 74 valence electrons. The molecule has 0 bridgehead atoms. The first-order valence-electron chi connectivity index (χ1n) is 4.84. The second kappa shape index (κ2) is 3.23. The minimum absolute atomic E-state index is 0.969. The van der Waals surface area contributed by atoms with Crippen LogP contribution in [0.15, 0.2) is 40.8 Å². The van der Waals surface area contributed by atoms with Crippen molar-refractivity contribution in [1.29, 1.82) is 0 Å². The average Bonchev–Trinajstić information content (AvgIpc) is 2.63. The Morgan fingerprint density at radius 1 is 1.00 bits per heavy atom. The van der Waals surface area contributed by atoms with E-state index in [0.29, 0.717) is 0 Å².